The van der Waals surface area contributed by atoms with Crippen LogP contribution in [0.2, 0.25) is 0 Å². The quantitative estimate of drug-likeness (QED) is 0.322. The fourth-order valence-electron chi connectivity index (χ4n) is 8.49. The average Bonchev–Trinajstić information content (AvgIpc) is 3.69. The highest BCUT2D eigenvalue weighted by Crippen LogP contribution is 2.69. The third-order valence-corrected chi connectivity index (χ3v) is 23.6. The maximum Gasteiger partial charge on any atom is 0.265 e. The van der Waals surface area contributed by atoms with Crippen LogP contribution in [0, 0.1) is 0 Å². The number of piperazine rings is 2. The number of anilines is 1. The number of aromatic nitrogens is 1. The normalized spacial score (nSPS) is 36.1. The van der Waals surface area contributed by atoms with Crippen molar-refractivity contribution >= 4 is 113 Å². The number of hydrogen-bond donors (Lipinski definition) is 3. The van der Waals surface area contributed by atoms with Crippen molar-refractivity contribution in [1.29, 1.82) is 0 Å². The minimum atomic E-state index is -1.47. The summed E-state index contributed by atoms with van der Waals surface area (Å²) in [6.45, 7) is -1.03. The van der Waals surface area contributed by atoms with Crippen molar-refractivity contribution in [1.82, 2.24) is 24.2 Å². The summed E-state index contributed by atoms with van der Waals surface area (Å²) >= 11 is 0. The number of aliphatic hydroxyl groups excluding tert-OH is 2. The second-order valence-corrected chi connectivity index (χ2v) is 23.8. The summed E-state index contributed by atoms with van der Waals surface area (Å²) in [5.41, 5.74) is 2.49. The molecule has 11 rings (SSSR count). The molecule has 0 aliphatic carbocycles. The molecule has 12 nitrogen and oxygen atoms in total. The molecule has 8 aliphatic heterocycles. The number of fused-ring (bicyclic) bond motifs is 12. The van der Waals surface area contributed by atoms with Crippen LogP contribution in [0.15, 0.2) is 54.7 Å². The molecule has 6 atom stereocenters. The van der Waals surface area contributed by atoms with E-state index in [1.807, 2.05) is 54.7 Å². The van der Waals surface area contributed by atoms with Gasteiger partial charge in [-0.3, -0.25) is 24.1 Å². The first-order valence-electron chi connectivity index (χ1n) is 15.6. The summed E-state index contributed by atoms with van der Waals surface area (Å²) in [6, 6.07) is 15.8. The van der Waals surface area contributed by atoms with Crippen LogP contribution in [0.25, 0.3) is 10.9 Å². The lowest BCUT2D eigenvalue weighted by Crippen LogP contribution is -2.74. The summed E-state index contributed by atoms with van der Waals surface area (Å²) in [5, 5.41) is 25.6. The van der Waals surface area contributed by atoms with Crippen LogP contribution in [0.3, 0.4) is 0 Å². The molecular weight excluding hydrogens is 777 g/mol. The van der Waals surface area contributed by atoms with E-state index < -0.39 is 44.4 Å². The summed E-state index contributed by atoms with van der Waals surface area (Å²) in [7, 11) is 14.1. The van der Waals surface area contributed by atoms with Crippen molar-refractivity contribution in [3.63, 3.8) is 0 Å². The number of para-hydroxylation sites is 2. The van der Waals surface area contributed by atoms with Gasteiger partial charge in [-0.15, -0.1) is 0 Å². The molecule has 1 aromatic heterocycles. The van der Waals surface area contributed by atoms with Gasteiger partial charge in [-0.1, -0.05) is 36.4 Å². The monoisotopic (exact) mass is 806 g/mol. The first kappa shape index (κ1) is 33.8. The number of benzene rings is 2. The van der Waals surface area contributed by atoms with Gasteiger partial charge in [-0.25, -0.2) is 0 Å². The molecule has 2 aromatic carbocycles. The lowest BCUT2D eigenvalue weighted by molar-refractivity contribution is -0.165. The van der Waals surface area contributed by atoms with Gasteiger partial charge in [-0.05, 0) is 90.3 Å². The molecule has 9 heterocycles. The predicted molar refractivity (Wildman–Crippen MR) is 205 cm³/mol. The van der Waals surface area contributed by atoms with Gasteiger partial charge in [0.15, 0.2) is 9.74 Å². The highest BCUT2D eigenvalue weighted by molar-refractivity contribution is 9.26. The van der Waals surface area contributed by atoms with Gasteiger partial charge in [0, 0.05) is 62.3 Å². The van der Waals surface area contributed by atoms with Gasteiger partial charge in [0.2, 0.25) is 9.74 Å². The Labute approximate surface area is 313 Å². The minimum absolute atomic E-state index is 0.177. The van der Waals surface area contributed by atoms with Crippen LogP contribution in [0.5, 0.6) is 0 Å². The van der Waals surface area contributed by atoms with E-state index in [0.29, 0.717) is 0 Å². The number of rotatable bonds is 5. The number of carbonyl (C=O) groups is 4. The topological polar surface area (TPSA) is 139 Å². The van der Waals surface area contributed by atoms with Gasteiger partial charge < -0.3 is 34.8 Å². The van der Waals surface area contributed by atoms with E-state index in [2.05, 4.69) is 9.88 Å². The molecule has 8 aliphatic rings. The summed E-state index contributed by atoms with van der Waals surface area (Å²) in [5.74, 6) is -1.18. The number of likely N-dealkylation sites (N-methyl/N-ethyl adjacent to an activating group) is 3. The third kappa shape index (κ3) is 3.83. The van der Waals surface area contributed by atoms with E-state index in [0.717, 1.165) is 27.7 Å². The summed E-state index contributed by atoms with van der Waals surface area (Å²) < 4.78 is 2.17. The van der Waals surface area contributed by atoms with Gasteiger partial charge in [0.05, 0.1) is 13.2 Å². The van der Waals surface area contributed by atoms with Crippen molar-refractivity contribution in [3.05, 3.63) is 65.9 Å². The number of hydrogen-bond acceptors (Lipinski definition) is 14. The Kier molecular flexibility index (Phi) is 7.63. The Hall–Kier alpha value is -1.97. The van der Waals surface area contributed by atoms with Gasteiger partial charge in [-0.2, -0.15) is 0 Å². The fourth-order valence-corrected chi connectivity index (χ4v) is 22.0. The van der Waals surface area contributed by atoms with Crippen LogP contribution in [0.4, 0.5) is 5.69 Å². The van der Waals surface area contributed by atoms with Crippen LogP contribution in [-0.2, 0) is 31.1 Å². The van der Waals surface area contributed by atoms with E-state index in [-0.39, 0.29) is 36.5 Å². The fraction of sp³-hybridized carbons (Fsp3) is 0.419. The summed E-state index contributed by atoms with van der Waals surface area (Å²) in [4.78, 5) is 58.2. The molecule has 0 unspecified atom stereocenters. The molecule has 0 radical (unpaired) electrons. The smallest absolute Gasteiger partial charge is 0.265 e. The summed E-state index contributed by atoms with van der Waals surface area (Å²) in [6.07, 6.45) is 1.78. The van der Waals surface area contributed by atoms with Crippen molar-refractivity contribution in [2.24, 2.45) is 0 Å². The molecule has 50 heavy (non-hydrogen) atoms. The van der Waals surface area contributed by atoms with Crippen molar-refractivity contribution in [3.8, 4) is 0 Å². The highest BCUT2D eigenvalue weighted by atomic mass is 33.7. The molecule has 3 N–H and O–H groups in total. The van der Waals surface area contributed by atoms with Crippen LogP contribution < -0.4 is 5.32 Å². The van der Waals surface area contributed by atoms with E-state index in [9.17, 15) is 29.4 Å². The van der Waals surface area contributed by atoms with Gasteiger partial charge in [0.1, 0.15) is 11.7 Å². The molecule has 4 amide bonds. The van der Waals surface area contributed by atoms with Crippen LogP contribution >= 0.6 is 72.7 Å². The first-order valence-corrected chi connectivity index (χ1v) is 23.9. The third-order valence-electron chi connectivity index (χ3n) is 11.2. The SMILES string of the molecule is CN1C(=O)[C@@]2(Cc3cn([C@]45C[C@]67SSS[C@](CO)(C(=O)N6[C@H]4Nc4ccccc45)N(C)C7=O)c4ccccc34)SSSS[C@]1(CO)C(=O)N2C. The lowest BCUT2D eigenvalue weighted by Gasteiger charge is -2.54. The van der Waals surface area contributed by atoms with Crippen LogP contribution in [-0.4, -0.2) is 118 Å². The minimum Gasteiger partial charge on any atom is -0.392 e. The second-order valence-electron chi connectivity index (χ2n) is 13.2. The van der Waals surface area contributed by atoms with Gasteiger partial charge in [0.25, 0.3) is 23.6 Å². The number of carbonyl (C=O) groups excluding carboxylic acids is 4. The Morgan fingerprint density at radius 3 is 2.10 bits per heavy atom. The van der Waals surface area contributed by atoms with Crippen molar-refractivity contribution < 1.29 is 29.4 Å². The average molecular weight is 807 g/mol. The molecule has 262 valence electrons. The maximum absolute atomic E-state index is 14.7. The first-order chi connectivity index (χ1) is 24.0. The highest BCUT2D eigenvalue weighted by Gasteiger charge is 2.77. The van der Waals surface area contributed by atoms with Crippen molar-refractivity contribution in [2.75, 3.05) is 39.7 Å². The largest absolute Gasteiger partial charge is 0.392 e. The lowest BCUT2D eigenvalue weighted by atomic mass is 9.86. The Bertz CT molecular complexity index is 2040. The number of aliphatic hydroxyl groups is 2. The molecule has 19 heteroatoms. The number of nitrogens with zero attached hydrogens (tertiary/aromatic N) is 5. The number of amides is 4. The zero-order chi connectivity index (χ0) is 35.0. The Morgan fingerprint density at radius 2 is 1.34 bits per heavy atom. The molecule has 7 saturated heterocycles. The van der Waals surface area contributed by atoms with E-state index in [4.69, 9.17) is 0 Å². The van der Waals surface area contributed by atoms with E-state index in [1.165, 1.54) is 87.4 Å². The Balaban J connectivity index is 1.25. The van der Waals surface area contributed by atoms with Crippen LogP contribution in [0.1, 0.15) is 17.5 Å². The number of nitrogens with one attached hydrogen (secondary N) is 1. The standard InChI is InChI=1S/C31H30N6O6S7/c1-33-25(42)30(15-38)34(2)23(40)28(33,44-49-50-47-30)12-17-13-36(21-11-7-4-8-18(17)21)27-14-29-24(41)35(3)31(16-39,46-48-45-29)26(43)37(29)22(27)32-20-10-6-5-9-19(20)27/h4-11,13,22,32,38-39H,12,14-16H2,1-3H3/t22-,27+,28-,29-,30-,31-/m1/s1. The molecule has 0 saturated carbocycles. The molecule has 7 fully saturated rings. The molecule has 3 aromatic rings. The van der Waals surface area contributed by atoms with Crippen molar-refractivity contribution in [2.45, 2.75) is 44.0 Å². The van der Waals surface area contributed by atoms with E-state index in [1.54, 1.807) is 26.0 Å². The predicted octanol–water partition coefficient (Wildman–Crippen LogP) is 3.82. The van der Waals surface area contributed by atoms with Gasteiger partial charge >= 0.3 is 0 Å². The molecule has 1 spiro atoms. The van der Waals surface area contributed by atoms with E-state index >= 15 is 0 Å². The zero-order valence-electron chi connectivity index (χ0n) is 26.7. The Morgan fingerprint density at radius 1 is 0.740 bits per heavy atom. The zero-order valence-corrected chi connectivity index (χ0v) is 32.4. The second kappa shape index (κ2) is 11.3. The molecule has 4 bridgehead atoms. The molecular formula is C31H30N6O6S7. The maximum atomic E-state index is 14.7.